The van der Waals surface area contributed by atoms with Gasteiger partial charge in [0, 0.05) is 5.56 Å². The van der Waals surface area contributed by atoms with Crippen LogP contribution in [0.25, 0.3) is 0 Å². The van der Waals surface area contributed by atoms with Crippen LogP contribution in [-0.4, -0.2) is 18.1 Å². The third-order valence-corrected chi connectivity index (χ3v) is 4.76. The molecule has 2 N–H and O–H groups in total. The van der Waals surface area contributed by atoms with E-state index in [9.17, 15) is 18.1 Å². The Hall–Kier alpha value is -2.25. The summed E-state index contributed by atoms with van der Waals surface area (Å²) in [5, 5.41) is 18.5. The SMILES string of the molecule is Cc1cc(N=Nc2ccc(C)c(S(=O)(=O)O)c2)c(O)c(C(C)(C)C)c1. The predicted molar refractivity (Wildman–Crippen MR) is 96.7 cm³/mol. The normalized spacial score (nSPS) is 12.7. The molecule has 0 aliphatic heterocycles. The van der Waals surface area contributed by atoms with Crippen LogP contribution in [0, 0.1) is 13.8 Å². The summed E-state index contributed by atoms with van der Waals surface area (Å²) in [6, 6.07) is 7.97. The zero-order chi connectivity index (χ0) is 19.0. The van der Waals surface area contributed by atoms with Crippen molar-refractivity contribution in [3.63, 3.8) is 0 Å². The number of phenols is 1. The molecule has 0 saturated heterocycles. The predicted octanol–water partition coefficient (Wildman–Crippen LogP) is 4.97. The Morgan fingerprint density at radius 3 is 2.20 bits per heavy atom. The summed E-state index contributed by atoms with van der Waals surface area (Å²) in [5.74, 6) is 0.0453. The monoisotopic (exact) mass is 362 g/mol. The van der Waals surface area contributed by atoms with Crippen molar-refractivity contribution in [2.75, 3.05) is 0 Å². The maximum atomic E-state index is 11.4. The van der Waals surface area contributed by atoms with Crippen molar-refractivity contribution < 1.29 is 18.1 Å². The molecule has 0 spiro atoms. The molecule has 2 aromatic rings. The van der Waals surface area contributed by atoms with Crippen LogP contribution in [0.5, 0.6) is 5.75 Å². The van der Waals surface area contributed by atoms with Crippen molar-refractivity contribution in [3.8, 4) is 5.75 Å². The van der Waals surface area contributed by atoms with Gasteiger partial charge < -0.3 is 5.11 Å². The molecule has 0 heterocycles. The third kappa shape index (κ3) is 4.43. The van der Waals surface area contributed by atoms with E-state index in [2.05, 4.69) is 10.2 Å². The molecule has 0 atom stereocenters. The van der Waals surface area contributed by atoms with Crippen LogP contribution in [0.15, 0.2) is 45.5 Å². The Balaban J connectivity index is 2.49. The molecule has 2 aromatic carbocycles. The van der Waals surface area contributed by atoms with E-state index in [1.54, 1.807) is 19.1 Å². The maximum absolute atomic E-state index is 11.4. The van der Waals surface area contributed by atoms with E-state index in [-0.39, 0.29) is 21.7 Å². The average Bonchev–Trinajstić information content (AvgIpc) is 2.46. The summed E-state index contributed by atoms with van der Waals surface area (Å²) in [6.45, 7) is 9.43. The van der Waals surface area contributed by atoms with Crippen LogP contribution in [0.2, 0.25) is 0 Å². The first-order valence-electron chi connectivity index (χ1n) is 7.73. The van der Waals surface area contributed by atoms with E-state index in [1.165, 1.54) is 12.1 Å². The number of hydrogen-bond acceptors (Lipinski definition) is 5. The lowest BCUT2D eigenvalue weighted by molar-refractivity contribution is 0.447. The highest BCUT2D eigenvalue weighted by Crippen LogP contribution is 2.39. The number of aryl methyl sites for hydroxylation is 2. The molecular weight excluding hydrogens is 340 g/mol. The Labute approximate surface area is 148 Å². The second kappa shape index (κ2) is 6.57. The minimum Gasteiger partial charge on any atom is -0.505 e. The molecule has 0 aromatic heterocycles. The number of azo groups is 1. The van der Waals surface area contributed by atoms with Gasteiger partial charge in [-0.2, -0.15) is 13.5 Å². The smallest absolute Gasteiger partial charge is 0.294 e. The van der Waals surface area contributed by atoms with Crippen molar-refractivity contribution >= 4 is 21.5 Å². The highest BCUT2D eigenvalue weighted by molar-refractivity contribution is 7.85. The number of phenolic OH excluding ortho intramolecular Hbond substituents is 1. The van der Waals surface area contributed by atoms with Crippen molar-refractivity contribution in [2.45, 2.75) is 44.9 Å². The first-order chi connectivity index (χ1) is 11.4. The Morgan fingerprint density at radius 2 is 1.64 bits per heavy atom. The van der Waals surface area contributed by atoms with Gasteiger partial charge in [0.15, 0.2) is 0 Å². The molecule has 0 saturated carbocycles. The van der Waals surface area contributed by atoms with Gasteiger partial charge in [-0.05, 0) is 48.6 Å². The molecule has 0 amide bonds. The Kier molecular flexibility index (Phi) is 5.02. The van der Waals surface area contributed by atoms with Gasteiger partial charge in [-0.1, -0.05) is 32.9 Å². The van der Waals surface area contributed by atoms with Gasteiger partial charge in [0.05, 0.1) is 10.6 Å². The van der Waals surface area contributed by atoms with Crippen LogP contribution in [-0.2, 0) is 15.5 Å². The van der Waals surface area contributed by atoms with E-state index in [0.29, 0.717) is 11.3 Å². The Bertz CT molecular complexity index is 942. The summed E-state index contributed by atoms with van der Waals surface area (Å²) < 4.78 is 32.0. The summed E-state index contributed by atoms with van der Waals surface area (Å²) in [6.07, 6.45) is 0. The number of benzene rings is 2. The quantitative estimate of drug-likeness (QED) is 0.595. The molecule has 6 nitrogen and oxygen atoms in total. The fourth-order valence-electron chi connectivity index (χ4n) is 2.45. The van der Waals surface area contributed by atoms with Gasteiger partial charge in [-0.15, -0.1) is 5.11 Å². The van der Waals surface area contributed by atoms with Gasteiger partial charge in [0.1, 0.15) is 11.4 Å². The summed E-state index contributed by atoms with van der Waals surface area (Å²) >= 11 is 0. The minimum atomic E-state index is -4.33. The molecule has 0 bridgehead atoms. The van der Waals surface area contributed by atoms with Gasteiger partial charge >= 0.3 is 0 Å². The zero-order valence-electron chi connectivity index (χ0n) is 14.9. The van der Waals surface area contributed by atoms with Crippen LogP contribution in [0.1, 0.15) is 37.5 Å². The van der Waals surface area contributed by atoms with E-state index in [0.717, 1.165) is 11.1 Å². The number of aromatic hydroxyl groups is 1. The standard InChI is InChI=1S/C18H22N2O4S/c1-11-8-14(18(3,4)5)17(21)15(9-11)20-19-13-7-6-12(2)16(10-13)25(22,23)24/h6-10,21H,1-5H3,(H,22,23,24). The summed E-state index contributed by atoms with van der Waals surface area (Å²) in [5.41, 5.74) is 2.40. The lowest BCUT2D eigenvalue weighted by Gasteiger charge is -2.21. The van der Waals surface area contributed by atoms with Crippen molar-refractivity contribution in [1.29, 1.82) is 0 Å². The van der Waals surface area contributed by atoms with Gasteiger partial charge in [0.2, 0.25) is 0 Å². The largest absolute Gasteiger partial charge is 0.505 e. The molecule has 0 unspecified atom stereocenters. The first-order valence-corrected chi connectivity index (χ1v) is 9.17. The molecular formula is C18H22N2O4S. The molecule has 0 aliphatic carbocycles. The highest BCUT2D eigenvalue weighted by Gasteiger charge is 2.21. The lowest BCUT2D eigenvalue weighted by atomic mass is 9.85. The van der Waals surface area contributed by atoms with E-state index in [1.807, 2.05) is 33.8 Å². The molecule has 7 heteroatoms. The van der Waals surface area contributed by atoms with Gasteiger partial charge in [-0.3, -0.25) is 4.55 Å². The van der Waals surface area contributed by atoms with E-state index >= 15 is 0 Å². The minimum absolute atomic E-state index is 0.0453. The van der Waals surface area contributed by atoms with Crippen molar-refractivity contribution in [3.05, 3.63) is 47.0 Å². The molecule has 25 heavy (non-hydrogen) atoms. The van der Waals surface area contributed by atoms with Crippen LogP contribution in [0.4, 0.5) is 11.4 Å². The number of nitrogens with zero attached hydrogens (tertiary/aromatic N) is 2. The number of rotatable bonds is 3. The Morgan fingerprint density at radius 1 is 1.00 bits per heavy atom. The van der Waals surface area contributed by atoms with E-state index in [4.69, 9.17) is 0 Å². The van der Waals surface area contributed by atoms with Gasteiger partial charge in [0.25, 0.3) is 10.1 Å². The van der Waals surface area contributed by atoms with E-state index < -0.39 is 10.1 Å². The summed E-state index contributed by atoms with van der Waals surface area (Å²) in [4.78, 5) is -0.215. The zero-order valence-corrected chi connectivity index (χ0v) is 15.7. The molecule has 0 fully saturated rings. The van der Waals surface area contributed by atoms with Crippen LogP contribution >= 0.6 is 0 Å². The van der Waals surface area contributed by atoms with Crippen molar-refractivity contribution in [1.82, 2.24) is 0 Å². The average molecular weight is 362 g/mol. The topological polar surface area (TPSA) is 99.3 Å². The molecule has 134 valence electrons. The van der Waals surface area contributed by atoms with Crippen LogP contribution < -0.4 is 0 Å². The second-order valence-electron chi connectivity index (χ2n) is 7.06. The fourth-order valence-corrected chi connectivity index (χ4v) is 3.19. The first kappa shape index (κ1) is 19.1. The maximum Gasteiger partial charge on any atom is 0.294 e. The highest BCUT2D eigenvalue weighted by atomic mass is 32.2. The molecule has 2 rings (SSSR count). The summed E-state index contributed by atoms with van der Waals surface area (Å²) in [7, 11) is -4.33. The van der Waals surface area contributed by atoms with Gasteiger partial charge in [-0.25, -0.2) is 0 Å². The van der Waals surface area contributed by atoms with Crippen LogP contribution in [0.3, 0.4) is 0 Å². The van der Waals surface area contributed by atoms with Crippen molar-refractivity contribution in [2.24, 2.45) is 10.2 Å². The fraction of sp³-hybridized carbons (Fsp3) is 0.333. The molecule has 0 radical (unpaired) electrons. The number of hydrogen-bond donors (Lipinski definition) is 2. The third-order valence-electron chi connectivity index (χ3n) is 3.76. The second-order valence-corrected chi connectivity index (χ2v) is 8.45. The molecule has 0 aliphatic rings. The lowest BCUT2D eigenvalue weighted by Crippen LogP contribution is -2.11.